The van der Waals surface area contributed by atoms with Gasteiger partial charge in [0, 0.05) is 48.0 Å². The molecule has 35 heavy (non-hydrogen) atoms. The first-order valence-electron chi connectivity index (χ1n) is 11.3. The summed E-state index contributed by atoms with van der Waals surface area (Å²) < 4.78 is 5.52. The molecule has 0 bridgehead atoms. The molecular formula is C27H23ClN4O3. The molecule has 1 aliphatic rings. The lowest BCUT2D eigenvalue weighted by Gasteiger charge is -2.36. The number of aromatic nitrogens is 2. The van der Waals surface area contributed by atoms with Gasteiger partial charge in [0.25, 0.3) is 11.8 Å². The van der Waals surface area contributed by atoms with Crippen LogP contribution in [0.25, 0.3) is 22.8 Å². The van der Waals surface area contributed by atoms with Crippen molar-refractivity contribution in [3.63, 3.8) is 0 Å². The number of carbonyl (C=O) groups is 2. The first-order chi connectivity index (χ1) is 17.0. The number of rotatable bonds is 5. The lowest BCUT2D eigenvalue weighted by atomic mass is 10.1. The first-order valence-corrected chi connectivity index (χ1v) is 11.7. The molecule has 1 amide bonds. The Morgan fingerprint density at radius 2 is 1.57 bits per heavy atom. The number of benzene rings is 3. The average Bonchev–Trinajstić information content (AvgIpc) is 3.39. The van der Waals surface area contributed by atoms with Crippen LogP contribution in [0.1, 0.15) is 27.6 Å². The van der Waals surface area contributed by atoms with Crippen molar-refractivity contribution in [1.82, 2.24) is 15.0 Å². The number of Topliss-reactive ketones (excluding diaryl/α,β-unsaturated/α-hetero) is 1. The number of amides is 1. The molecule has 1 fully saturated rings. The second kappa shape index (κ2) is 9.72. The van der Waals surface area contributed by atoms with Gasteiger partial charge in [0.1, 0.15) is 0 Å². The molecular weight excluding hydrogens is 464 g/mol. The molecule has 2 heterocycles. The summed E-state index contributed by atoms with van der Waals surface area (Å²) in [5, 5.41) is 4.71. The first kappa shape index (κ1) is 22.8. The van der Waals surface area contributed by atoms with Crippen molar-refractivity contribution in [3.05, 3.63) is 88.9 Å². The molecule has 8 heteroatoms. The third kappa shape index (κ3) is 4.81. The highest BCUT2D eigenvalue weighted by molar-refractivity contribution is 6.30. The SMILES string of the molecule is CC(=O)c1ccc(N2CCN(C(=O)c3ccccc3-c3nc(-c4ccc(Cl)cc4)no3)CC2)cc1. The molecule has 0 N–H and O–H groups in total. The fraction of sp³-hybridized carbons (Fsp3) is 0.185. The summed E-state index contributed by atoms with van der Waals surface area (Å²) >= 11 is 5.97. The third-order valence-electron chi connectivity index (χ3n) is 6.12. The zero-order valence-corrected chi connectivity index (χ0v) is 19.9. The number of ketones is 1. The zero-order chi connectivity index (χ0) is 24.4. The summed E-state index contributed by atoms with van der Waals surface area (Å²) in [5.74, 6) is 0.706. The lowest BCUT2D eigenvalue weighted by Crippen LogP contribution is -2.48. The maximum Gasteiger partial charge on any atom is 0.259 e. The minimum absolute atomic E-state index is 0.0483. The number of piperazine rings is 1. The number of hydrogen-bond acceptors (Lipinski definition) is 6. The Morgan fingerprint density at radius 3 is 2.26 bits per heavy atom. The highest BCUT2D eigenvalue weighted by atomic mass is 35.5. The van der Waals surface area contributed by atoms with Crippen molar-refractivity contribution in [3.8, 4) is 22.8 Å². The van der Waals surface area contributed by atoms with Crippen LogP contribution in [0.2, 0.25) is 5.02 Å². The Balaban J connectivity index is 1.31. The molecule has 5 rings (SSSR count). The van der Waals surface area contributed by atoms with E-state index in [1.807, 2.05) is 59.5 Å². The summed E-state index contributed by atoms with van der Waals surface area (Å²) in [6.07, 6.45) is 0. The smallest absolute Gasteiger partial charge is 0.259 e. The number of halogens is 1. The van der Waals surface area contributed by atoms with Gasteiger partial charge < -0.3 is 14.3 Å². The van der Waals surface area contributed by atoms with E-state index < -0.39 is 0 Å². The Bertz CT molecular complexity index is 1360. The Labute approximate surface area is 207 Å². The average molecular weight is 487 g/mol. The third-order valence-corrected chi connectivity index (χ3v) is 6.37. The van der Waals surface area contributed by atoms with Crippen LogP contribution in [0.3, 0.4) is 0 Å². The van der Waals surface area contributed by atoms with Crippen LogP contribution in [0.15, 0.2) is 77.3 Å². The Hall–Kier alpha value is -3.97. The predicted octanol–water partition coefficient (Wildman–Crippen LogP) is 5.22. The normalized spacial score (nSPS) is 13.7. The standard InChI is InChI=1S/C27H23ClN4O3/c1-18(33)19-8-12-22(13-9-19)31-14-16-32(17-15-31)27(34)24-5-3-2-4-23(24)26-29-25(30-35-26)20-6-10-21(28)11-7-20/h2-13H,14-17H2,1H3. The number of carbonyl (C=O) groups excluding carboxylic acids is 2. The molecule has 7 nitrogen and oxygen atoms in total. The summed E-state index contributed by atoms with van der Waals surface area (Å²) in [6.45, 7) is 4.14. The van der Waals surface area contributed by atoms with Gasteiger partial charge in [-0.2, -0.15) is 4.98 Å². The lowest BCUT2D eigenvalue weighted by molar-refractivity contribution is 0.0747. The summed E-state index contributed by atoms with van der Waals surface area (Å²) in [6, 6.07) is 22.1. The Morgan fingerprint density at radius 1 is 0.886 bits per heavy atom. The quantitative estimate of drug-likeness (QED) is 0.360. The van der Waals surface area contributed by atoms with Crippen molar-refractivity contribution in [2.24, 2.45) is 0 Å². The van der Waals surface area contributed by atoms with Crippen LogP contribution in [0.5, 0.6) is 0 Å². The molecule has 176 valence electrons. The molecule has 1 aliphatic heterocycles. The molecule has 0 atom stereocenters. The van der Waals surface area contributed by atoms with Crippen LogP contribution in [0.4, 0.5) is 5.69 Å². The van der Waals surface area contributed by atoms with Gasteiger partial charge in [0.2, 0.25) is 5.82 Å². The van der Waals surface area contributed by atoms with Crippen molar-refractivity contribution >= 4 is 29.0 Å². The largest absolute Gasteiger partial charge is 0.368 e. The van der Waals surface area contributed by atoms with Crippen molar-refractivity contribution in [1.29, 1.82) is 0 Å². The van der Waals surface area contributed by atoms with E-state index in [0.29, 0.717) is 59.6 Å². The molecule has 1 saturated heterocycles. The monoisotopic (exact) mass is 486 g/mol. The van der Waals surface area contributed by atoms with Crippen LogP contribution in [-0.2, 0) is 0 Å². The number of anilines is 1. The van der Waals surface area contributed by atoms with Gasteiger partial charge in [-0.25, -0.2) is 0 Å². The fourth-order valence-corrected chi connectivity index (χ4v) is 4.28. The van der Waals surface area contributed by atoms with E-state index in [-0.39, 0.29) is 11.7 Å². The van der Waals surface area contributed by atoms with Gasteiger partial charge in [-0.3, -0.25) is 9.59 Å². The molecule has 0 spiro atoms. The van der Waals surface area contributed by atoms with E-state index in [9.17, 15) is 9.59 Å². The van der Waals surface area contributed by atoms with Crippen molar-refractivity contribution < 1.29 is 14.1 Å². The zero-order valence-electron chi connectivity index (χ0n) is 19.1. The molecule has 0 radical (unpaired) electrons. The number of nitrogens with zero attached hydrogens (tertiary/aromatic N) is 4. The summed E-state index contributed by atoms with van der Waals surface area (Å²) in [4.78, 5) is 33.5. The van der Waals surface area contributed by atoms with E-state index in [2.05, 4.69) is 15.0 Å². The Kier molecular flexibility index (Phi) is 6.33. The minimum atomic E-state index is -0.0709. The van der Waals surface area contributed by atoms with E-state index in [1.165, 1.54) is 0 Å². The summed E-state index contributed by atoms with van der Waals surface area (Å²) in [5.41, 5.74) is 3.65. The maximum absolute atomic E-state index is 13.4. The van der Waals surface area contributed by atoms with E-state index >= 15 is 0 Å². The number of hydrogen-bond donors (Lipinski definition) is 0. The second-order valence-electron chi connectivity index (χ2n) is 8.36. The summed E-state index contributed by atoms with van der Waals surface area (Å²) in [7, 11) is 0. The van der Waals surface area contributed by atoms with E-state index in [0.717, 1.165) is 11.3 Å². The maximum atomic E-state index is 13.4. The molecule has 0 unspecified atom stereocenters. The van der Waals surface area contributed by atoms with Gasteiger partial charge in [0.05, 0.1) is 11.1 Å². The van der Waals surface area contributed by atoms with Gasteiger partial charge in [-0.05, 0) is 67.6 Å². The van der Waals surface area contributed by atoms with E-state index in [4.69, 9.17) is 16.1 Å². The fourth-order valence-electron chi connectivity index (χ4n) is 4.15. The van der Waals surface area contributed by atoms with Crippen molar-refractivity contribution in [2.75, 3.05) is 31.1 Å². The van der Waals surface area contributed by atoms with Gasteiger partial charge in [-0.15, -0.1) is 0 Å². The van der Waals surface area contributed by atoms with E-state index in [1.54, 1.807) is 25.1 Å². The van der Waals surface area contributed by atoms with Crippen LogP contribution in [-0.4, -0.2) is 52.9 Å². The molecule has 0 saturated carbocycles. The predicted molar refractivity (Wildman–Crippen MR) is 135 cm³/mol. The topological polar surface area (TPSA) is 79.5 Å². The van der Waals surface area contributed by atoms with Crippen LogP contribution >= 0.6 is 11.6 Å². The molecule has 1 aromatic heterocycles. The second-order valence-corrected chi connectivity index (χ2v) is 8.79. The highest BCUT2D eigenvalue weighted by Gasteiger charge is 2.26. The molecule has 3 aromatic carbocycles. The van der Waals surface area contributed by atoms with Gasteiger partial charge >= 0.3 is 0 Å². The highest BCUT2D eigenvalue weighted by Crippen LogP contribution is 2.27. The van der Waals surface area contributed by atoms with Crippen LogP contribution < -0.4 is 4.90 Å². The van der Waals surface area contributed by atoms with Crippen LogP contribution in [0, 0.1) is 0 Å². The molecule has 0 aliphatic carbocycles. The van der Waals surface area contributed by atoms with Gasteiger partial charge in [-0.1, -0.05) is 28.9 Å². The van der Waals surface area contributed by atoms with Crippen molar-refractivity contribution in [2.45, 2.75) is 6.92 Å². The van der Waals surface area contributed by atoms with Gasteiger partial charge in [0.15, 0.2) is 5.78 Å². The molecule has 4 aromatic rings. The minimum Gasteiger partial charge on any atom is -0.368 e.